The lowest BCUT2D eigenvalue weighted by molar-refractivity contribution is 0.146. The standard InChI is InChI=1S/C13H14F2N2O/c1-2-6-18-11-5-3-4-8-9(16)7-10(13(14)15)17-12(8)11/h3-5,7,13H,2,6H2,1H3,(H2,16,17). The van der Waals surface area contributed by atoms with Gasteiger partial charge in [0.1, 0.15) is 17.0 Å². The number of benzene rings is 1. The molecule has 0 atom stereocenters. The molecule has 18 heavy (non-hydrogen) atoms. The Morgan fingerprint density at radius 3 is 2.83 bits per heavy atom. The molecule has 2 rings (SSSR count). The first kappa shape index (κ1) is 12.5. The highest BCUT2D eigenvalue weighted by molar-refractivity contribution is 5.94. The molecule has 0 aliphatic rings. The molecule has 5 heteroatoms. The molecule has 0 saturated heterocycles. The maximum atomic E-state index is 12.7. The van der Waals surface area contributed by atoms with E-state index in [1.54, 1.807) is 18.2 Å². The number of fused-ring (bicyclic) bond motifs is 1. The molecular formula is C13H14F2N2O. The summed E-state index contributed by atoms with van der Waals surface area (Å²) < 4.78 is 30.9. The van der Waals surface area contributed by atoms with Gasteiger partial charge in [0.2, 0.25) is 0 Å². The summed E-state index contributed by atoms with van der Waals surface area (Å²) >= 11 is 0. The highest BCUT2D eigenvalue weighted by atomic mass is 19.3. The number of nitrogens with two attached hydrogens (primary N) is 1. The van der Waals surface area contributed by atoms with E-state index in [0.29, 0.717) is 23.3 Å². The van der Waals surface area contributed by atoms with Crippen molar-refractivity contribution in [3.05, 3.63) is 30.0 Å². The van der Waals surface area contributed by atoms with Gasteiger partial charge in [0, 0.05) is 11.1 Å². The Labute approximate surface area is 104 Å². The highest BCUT2D eigenvalue weighted by Gasteiger charge is 2.14. The van der Waals surface area contributed by atoms with Crippen molar-refractivity contribution in [3.63, 3.8) is 0 Å². The lowest BCUT2D eigenvalue weighted by Gasteiger charge is -2.10. The van der Waals surface area contributed by atoms with Crippen LogP contribution in [0.25, 0.3) is 10.9 Å². The van der Waals surface area contributed by atoms with Gasteiger partial charge in [-0.3, -0.25) is 0 Å². The molecule has 96 valence electrons. The predicted octanol–water partition coefficient (Wildman–Crippen LogP) is 3.54. The summed E-state index contributed by atoms with van der Waals surface area (Å²) in [6, 6.07) is 6.43. The summed E-state index contributed by atoms with van der Waals surface area (Å²) in [5.41, 5.74) is 6.12. The van der Waals surface area contributed by atoms with Gasteiger partial charge in [-0.15, -0.1) is 0 Å². The van der Waals surface area contributed by atoms with Crippen LogP contribution in [0.5, 0.6) is 5.75 Å². The molecule has 0 fully saturated rings. The second kappa shape index (κ2) is 5.16. The van der Waals surface area contributed by atoms with Crippen LogP contribution in [-0.2, 0) is 0 Å². The van der Waals surface area contributed by atoms with E-state index in [-0.39, 0.29) is 11.4 Å². The first-order valence-corrected chi connectivity index (χ1v) is 5.73. The van der Waals surface area contributed by atoms with E-state index in [9.17, 15) is 8.78 Å². The number of aromatic nitrogens is 1. The quantitative estimate of drug-likeness (QED) is 0.905. The third-order valence-corrected chi connectivity index (χ3v) is 2.54. The van der Waals surface area contributed by atoms with Gasteiger partial charge in [-0.05, 0) is 18.6 Å². The summed E-state index contributed by atoms with van der Waals surface area (Å²) in [4.78, 5) is 3.93. The number of anilines is 1. The van der Waals surface area contributed by atoms with E-state index in [1.165, 1.54) is 6.07 Å². The summed E-state index contributed by atoms with van der Waals surface area (Å²) in [6.07, 6.45) is -1.81. The van der Waals surface area contributed by atoms with Crippen LogP contribution in [0.1, 0.15) is 25.5 Å². The van der Waals surface area contributed by atoms with Crippen LogP contribution in [0.15, 0.2) is 24.3 Å². The molecule has 1 aromatic heterocycles. The predicted molar refractivity (Wildman–Crippen MR) is 66.9 cm³/mol. The number of hydrogen-bond acceptors (Lipinski definition) is 3. The second-order valence-corrected chi connectivity index (χ2v) is 3.94. The molecule has 1 aromatic carbocycles. The Morgan fingerprint density at radius 2 is 2.17 bits per heavy atom. The maximum Gasteiger partial charge on any atom is 0.280 e. The lowest BCUT2D eigenvalue weighted by atomic mass is 10.1. The molecule has 2 aromatic rings. The average molecular weight is 252 g/mol. The molecular weight excluding hydrogens is 238 g/mol. The van der Waals surface area contributed by atoms with Crippen molar-refractivity contribution in [1.82, 2.24) is 4.98 Å². The molecule has 0 unspecified atom stereocenters. The number of para-hydroxylation sites is 1. The Morgan fingerprint density at radius 1 is 1.39 bits per heavy atom. The highest BCUT2D eigenvalue weighted by Crippen LogP contribution is 2.31. The molecule has 0 amide bonds. The molecule has 0 bridgehead atoms. The summed E-state index contributed by atoms with van der Waals surface area (Å²) in [6.45, 7) is 2.48. The van der Waals surface area contributed by atoms with Crippen LogP contribution in [0.3, 0.4) is 0 Å². The molecule has 3 nitrogen and oxygen atoms in total. The van der Waals surface area contributed by atoms with Crippen molar-refractivity contribution in [1.29, 1.82) is 0 Å². The van der Waals surface area contributed by atoms with E-state index >= 15 is 0 Å². The fourth-order valence-corrected chi connectivity index (χ4v) is 1.71. The third-order valence-electron chi connectivity index (χ3n) is 2.54. The van der Waals surface area contributed by atoms with Gasteiger partial charge in [-0.2, -0.15) is 0 Å². The first-order valence-electron chi connectivity index (χ1n) is 5.73. The molecule has 0 saturated carbocycles. The van der Waals surface area contributed by atoms with Crippen molar-refractivity contribution >= 4 is 16.6 Å². The molecule has 0 spiro atoms. The smallest absolute Gasteiger partial charge is 0.280 e. The van der Waals surface area contributed by atoms with Crippen molar-refractivity contribution in [2.45, 2.75) is 19.8 Å². The van der Waals surface area contributed by atoms with Gasteiger partial charge in [-0.25, -0.2) is 13.8 Å². The van der Waals surface area contributed by atoms with E-state index in [1.807, 2.05) is 6.92 Å². The van der Waals surface area contributed by atoms with E-state index < -0.39 is 6.43 Å². The van der Waals surface area contributed by atoms with Crippen LogP contribution in [-0.4, -0.2) is 11.6 Å². The van der Waals surface area contributed by atoms with Gasteiger partial charge < -0.3 is 10.5 Å². The third kappa shape index (κ3) is 2.34. The summed E-state index contributed by atoms with van der Waals surface area (Å²) in [7, 11) is 0. The average Bonchev–Trinajstić information content (AvgIpc) is 2.36. The van der Waals surface area contributed by atoms with Gasteiger partial charge >= 0.3 is 0 Å². The Kier molecular flexibility index (Phi) is 3.60. The Bertz CT molecular complexity index is 558. The van der Waals surface area contributed by atoms with Crippen molar-refractivity contribution in [3.8, 4) is 5.75 Å². The van der Waals surface area contributed by atoms with Crippen molar-refractivity contribution in [2.24, 2.45) is 0 Å². The van der Waals surface area contributed by atoms with Gasteiger partial charge in [0.05, 0.1) is 6.61 Å². The number of ether oxygens (including phenoxy) is 1. The lowest BCUT2D eigenvalue weighted by Crippen LogP contribution is -2.00. The minimum absolute atomic E-state index is 0.289. The van der Waals surface area contributed by atoms with Gasteiger partial charge in [0.25, 0.3) is 6.43 Å². The number of halogens is 2. The number of rotatable bonds is 4. The molecule has 0 aliphatic heterocycles. The molecule has 0 radical (unpaired) electrons. The van der Waals surface area contributed by atoms with E-state index in [2.05, 4.69) is 4.98 Å². The minimum Gasteiger partial charge on any atom is -0.491 e. The summed E-state index contributed by atoms with van der Waals surface area (Å²) in [5, 5.41) is 0.632. The van der Waals surface area contributed by atoms with Crippen LogP contribution in [0.2, 0.25) is 0 Å². The monoisotopic (exact) mass is 252 g/mol. The zero-order chi connectivity index (χ0) is 13.1. The molecule has 0 aliphatic carbocycles. The maximum absolute atomic E-state index is 12.7. The zero-order valence-electron chi connectivity index (χ0n) is 9.99. The van der Waals surface area contributed by atoms with E-state index in [0.717, 1.165) is 6.42 Å². The van der Waals surface area contributed by atoms with E-state index in [4.69, 9.17) is 10.5 Å². The van der Waals surface area contributed by atoms with Crippen LogP contribution in [0.4, 0.5) is 14.5 Å². The van der Waals surface area contributed by atoms with Crippen molar-refractivity contribution in [2.75, 3.05) is 12.3 Å². The normalized spacial score (nSPS) is 11.1. The minimum atomic E-state index is -2.64. The first-order chi connectivity index (χ1) is 8.63. The summed E-state index contributed by atoms with van der Waals surface area (Å²) in [5.74, 6) is 0.489. The molecule has 1 heterocycles. The number of hydrogen-bond donors (Lipinski definition) is 1. The van der Waals surface area contributed by atoms with Crippen LogP contribution in [0, 0.1) is 0 Å². The number of alkyl halides is 2. The van der Waals surface area contributed by atoms with Crippen LogP contribution < -0.4 is 10.5 Å². The second-order valence-electron chi connectivity index (χ2n) is 3.94. The molecule has 2 N–H and O–H groups in total. The number of nitrogens with zero attached hydrogens (tertiary/aromatic N) is 1. The Balaban J connectivity index is 2.58. The fraction of sp³-hybridized carbons (Fsp3) is 0.308. The topological polar surface area (TPSA) is 48.1 Å². The SMILES string of the molecule is CCCOc1cccc2c(N)cc(C(F)F)nc12. The van der Waals surface area contributed by atoms with Crippen molar-refractivity contribution < 1.29 is 13.5 Å². The van der Waals surface area contributed by atoms with Crippen LogP contribution >= 0.6 is 0 Å². The largest absolute Gasteiger partial charge is 0.491 e. The number of nitrogen functional groups attached to an aromatic ring is 1. The van der Waals surface area contributed by atoms with Gasteiger partial charge in [-0.1, -0.05) is 19.1 Å². The zero-order valence-corrected chi connectivity index (χ0v) is 9.99. The Hall–Kier alpha value is -1.91. The number of pyridine rings is 1. The van der Waals surface area contributed by atoms with Gasteiger partial charge in [0.15, 0.2) is 0 Å². The fourth-order valence-electron chi connectivity index (χ4n) is 1.71.